The van der Waals surface area contributed by atoms with Gasteiger partial charge in [-0.05, 0) is 51.4 Å². The molecule has 0 aromatic rings. The van der Waals surface area contributed by atoms with E-state index in [1.165, 1.54) is 0 Å². The van der Waals surface area contributed by atoms with Gasteiger partial charge in [0, 0.05) is 11.8 Å². The molecule has 4 N–H and O–H groups in total. The molecule has 0 radical (unpaired) electrons. The summed E-state index contributed by atoms with van der Waals surface area (Å²) in [5.74, 6) is 0.154. The molecule has 2 aliphatic carbocycles. The highest BCUT2D eigenvalue weighted by Crippen LogP contribution is 2.28. The Hall–Kier alpha value is -0.240. The SMILES string of the molecule is OC1CCC(C(O)OCCOC(O)C2CCC(O)CC2)CC1. The Morgan fingerprint density at radius 3 is 1.27 bits per heavy atom. The van der Waals surface area contributed by atoms with Gasteiger partial charge in [-0.2, -0.15) is 0 Å². The minimum atomic E-state index is -0.821. The standard InChI is InChI=1S/C16H30O6/c17-13-5-1-11(2-6-13)15(19)21-9-10-22-16(20)12-3-7-14(18)8-4-12/h11-20H,1-10H2. The van der Waals surface area contributed by atoms with Gasteiger partial charge in [0.15, 0.2) is 12.6 Å². The molecule has 0 aromatic carbocycles. The maximum Gasteiger partial charge on any atom is 0.157 e. The zero-order valence-electron chi connectivity index (χ0n) is 13.1. The molecular weight excluding hydrogens is 288 g/mol. The highest BCUT2D eigenvalue weighted by Gasteiger charge is 2.27. The first-order valence-electron chi connectivity index (χ1n) is 8.51. The smallest absolute Gasteiger partial charge is 0.157 e. The molecule has 2 unspecified atom stereocenters. The zero-order valence-corrected chi connectivity index (χ0v) is 13.1. The van der Waals surface area contributed by atoms with E-state index in [0.717, 1.165) is 25.7 Å². The van der Waals surface area contributed by atoms with E-state index in [0.29, 0.717) is 25.7 Å². The molecule has 2 rings (SSSR count). The van der Waals surface area contributed by atoms with Crippen LogP contribution < -0.4 is 0 Å². The van der Waals surface area contributed by atoms with Gasteiger partial charge in [-0.3, -0.25) is 0 Å². The van der Waals surface area contributed by atoms with Crippen LogP contribution in [0.4, 0.5) is 0 Å². The van der Waals surface area contributed by atoms with E-state index in [-0.39, 0.29) is 37.3 Å². The molecule has 2 fully saturated rings. The van der Waals surface area contributed by atoms with Gasteiger partial charge in [0.25, 0.3) is 0 Å². The minimum Gasteiger partial charge on any atom is -0.393 e. The van der Waals surface area contributed by atoms with Gasteiger partial charge in [0.05, 0.1) is 25.4 Å². The molecule has 6 heteroatoms. The fourth-order valence-electron chi connectivity index (χ4n) is 3.38. The highest BCUT2D eigenvalue weighted by atomic mass is 16.6. The average Bonchev–Trinajstić information content (AvgIpc) is 2.52. The lowest BCUT2D eigenvalue weighted by atomic mass is 9.87. The maximum atomic E-state index is 9.95. The summed E-state index contributed by atoms with van der Waals surface area (Å²) in [5, 5.41) is 38.8. The van der Waals surface area contributed by atoms with Crippen LogP contribution in [0.25, 0.3) is 0 Å². The van der Waals surface area contributed by atoms with E-state index in [1.807, 2.05) is 0 Å². The lowest BCUT2D eigenvalue weighted by Crippen LogP contribution is -2.32. The van der Waals surface area contributed by atoms with E-state index in [1.54, 1.807) is 0 Å². The topological polar surface area (TPSA) is 99.4 Å². The van der Waals surface area contributed by atoms with Gasteiger partial charge in [0.1, 0.15) is 0 Å². The molecular formula is C16H30O6. The number of aliphatic hydroxyl groups is 4. The molecule has 0 aliphatic heterocycles. The maximum absolute atomic E-state index is 9.95. The van der Waals surface area contributed by atoms with Crippen LogP contribution in [0.5, 0.6) is 0 Å². The van der Waals surface area contributed by atoms with Crippen molar-refractivity contribution in [3.05, 3.63) is 0 Å². The van der Waals surface area contributed by atoms with Gasteiger partial charge < -0.3 is 29.9 Å². The third-order valence-corrected chi connectivity index (χ3v) is 4.95. The largest absolute Gasteiger partial charge is 0.393 e. The van der Waals surface area contributed by atoms with Gasteiger partial charge in [-0.1, -0.05) is 0 Å². The number of hydrogen-bond donors (Lipinski definition) is 4. The summed E-state index contributed by atoms with van der Waals surface area (Å²) in [5.41, 5.74) is 0. The second kappa shape index (κ2) is 9.15. The van der Waals surface area contributed by atoms with Crippen molar-refractivity contribution in [2.24, 2.45) is 11.8 Å². The fraction of sp³-hybridized carbons (Fsp3) is 1.00. The van der Waals surface area contributed by atoms with Crippen LogP contribution in [0.15, 0.2) is 0 Å². The summed E-state index contributed by atoms with van der Waals surface area (Å²) in [6, 6.07) is 0. The summed E-state index contributed by atoms with van der Waals surface area (Å²) < 4.78 is 10.7. The summed E-state index contributed by atoms with van der Waals surface area (Å²) >= 11 is 0. The first-order valence-corrected chi connectivity index (χ1v) is 8.51. The van der Waals surface area contributed by atoms with Crippen LogP contribution in [0.3, 0.4) is 0 Å². The second-order valence-corrected chi connectivity index (χ2v) is 6.66. The lowest BCUT2D eigenvalue weighted by molar-refractivity contribution is -0.185. The third-order valence-electron chi connectivity index (χ3n) is 4.95. The first kappa shape index (κ1) is 18.1. The van der Waals surface area contributed by atoms with Crippen molar-refractivity contribution in [1.29, 1.82) is 0 Å². The number of hydrogen-bond acceptors (Lipinski definition) is 6. The molecule has 6 nitrogen and oxygen atoms in total. The molecule has 0 aromatic heterocycles. The third kappa shape index (κ3) is 5.76. The Labute approximate surface area is 132 Å². The summed E-state index contributed by atoms with van der Waals surface area (Å²) in [7, 11) is 0. The summed E-state index contributed by atoms with van der Waals surface area (Å²) in [6.07, 6.45) is 3.84. The molecule has 130 valence electrons. The monoisotopic (exact) mass is 318 g/mol. The quantitative estimate of drug-likeness (QED) is 0.408. The van der Waals surface area contributed by atoms with Crippen molar-refractivity contribution < 1.29 is 29.9 Å². The zero-order chi connectivity index (χ0) is 15.9. The van der Waals surface area contributed by atoms with E-state index < -0.39 is 12.6 Å². The summed E-state index contributed by atoms with van der Waals surface area (Å²) in [4.78, 5) is 0. The number of aliphatic hydroxyl groups excluding tert-OH is 4. The van der Waals surface area contributed by atoms with Crippen molar-refractivity contribution in [3.8, 4) is 0 Å². The van der Waals surface area contributed by atoms with E-state index in [4.69, 9.17) is 9.47 Å². The van der Waals surface area contributed by atoms with Crippen molar-refractivity contribution in [1.82, 2.24) is 0 Å². The molecule has 0 heterocycles. The van der Waals surface area contributed by atoms with Crippen LogP contribution in [0.2, 0.25) is 0 Å². The molecule has 0 spiro atoms. The molecule has 2 aliphatic rings. The Balaban J connectivity index is 1.54. The van der Waals surface area contributed by atoms with Gasteiger partial charge in [-0.15, -0.1) is 0 Å². The molecule has 22 heavy (non-hydrogen) atoms. The van der Waals surface area contributed by atoms with E-state index >= 15 is 0 Å². The Morgan fingerprint density at radius 2 is 0.955 bits per heavy atom. The normalized spacial score (nSPS) is 36.0. The molecule has 2 atom stereocenters. The molecule has 0 bridgehead atoms. The van der Waals surface area contributed by atoms with Gasteiger partial charge in [-0.25, -0.2) is 0 Å². The van der Waals surface area contributed by atoms with Crippen LogP contribution in [0.1, 0.15) is 51.4 Å². The van der Waals surface area contributed by atoms with E-state index in [2.05, 4.69) is 0 Å². The Morgan fingerprint density at radius 1 is 0.636 bits per heavy atom. The van der Waals surface area contributed by atoms with Gasteiger partial charge >= 0.3 is 0 Å². The number of ether oxygens (including phenoxy) is 2. The van der Waals surface area contributed by atoms with Crippen LogP contribution in [0, 0.1) is 11.8 Å². The van der Waals surface area contributed by atoms with Crippen molar-refractivity contribution in [2.75, 3.05) is 13.2 Å². The fourth-order valence-corrected chi connectivity index (χ4v) is 3.38. The van der Waals surface area contributed by atoms with Crippen molar-refractivity contribution >= 4 is 0 Å². The van der Waals surface area contributed by atoms with Crippen LogP contribution in [-0.4, -0.2) is 58.4 Å². The van der Waals surface area contributed by atoms with Crippen LogP contribution >= 0.6 is 0 Å². The minimum absolute atomic E-state index is 0.0770. The first-order chi connectivity index (χ1) is 10.6. The van der Waals surface area contributed by atoms with Crippen molar-refractivity contribution in [3.63, 3.8) is 0 Å². The molecule has 0 amide bonds. The molecule has 2 saturated carbocycles. The molecule has 0 saturated heterocycles. The Kier molecular flexibility index (Phi) is 7.53. The Bertz CT molecular complexity index is 267. The lowest BCUT2D eigenvalue weighted by Gasteiger charge is -2.30. The van der Waals surface area contributed by atoms with Gasteiger partial charge in [0.2, 0.25) is 0 Å². The highest BCUT2D eigenvalue weighted by molar-refractivity contribution is 4.74. The second-order valence-electron chi connectivity index (χ2n) is 6.66. The number of rotatable bonds is 7. The predicted octanol–water partition coefficient (Wildman–Crippen LogP) is 0.759. The van der Waals surface area contributed by atoms with Crippen LogP contribution in [-0.2, 0) is 9.47 Å². The van der Waals surface area contributed by atoms with Crippen molar-refractivity contribution in [2.45, 2.75) is 76.2 Å². The van der Waals surface area contributed by atoms with E-state index in [9.17, 15) is 20.4 Å². The average molecular weight is 318 g/mol. The summed E-state index contributed by atoms with van der Waals surface area (Å²) in [6.45, 7) is 0.485. The predicted molar refractivity (Wildman–Crippen MR) is 79.8 cm³/mol.